The average Bonchev–Trinajstić information content (AvgIpc) is 2.70. The first-order chi connectivity index (χ1) is 13.9. The minimum absolute atomic E-state index is 0.105. The van der Waals surface area contributed by atoms with Crippen molar-refractivity contribution in [1.29, 1.82) is 0 Å². The van der Waals surface area contributed by atoms with Crippen LogP contribution in [0.3, 0.4) is 0 Å². The number of rotatable bonds is 7. The topological polar surface area (TPSA) is 73.9 Å². The van der Waals surface area contributed by atoms with Crippen molar-refractivity contribution in [3.05, 3.63) is 23.8 Å². The zero-order chi connectivity index (χ0) is 20.6. The molecule has 4 aliphatic rings. The van der Waals surface area contributed by atoms with Crippen LogP contribution in [0, 0.1) is 23.2 Å². The Kier molecular flexibility index (Phi) is 5.45. The number of para-hydroxylation sites is 1. The van der Waals surface area contributed by atoms with Gasteiger partial charge < -0.3 is 19.5 Å². The number of ether oxygens (including phenoxy) is 3. The van der Waals surface area contributed by atoms with Crippen molar-refractivity contribution in [2.75, 3.05) is 20.8 Å². The molecule has 4 bridgehead atoms. The van der Waals surface area contributed by atoms with Gasteiger partial charge in [0.25, 0.3) is 5.91 Å². The number of nitrogens with one attached hydrogen (secondary N) is 1. The first-order valence-electron chi connectivity index (χ1n) is 10.6. The Labute approximate surface area is 172 Å². The van der Waals surface area contributed by atoms with E-state index in [1.165, 1.54) is 52.7 Å². The molecule has 0 saturated heterocycles. The minimum Gasteiger partial charge on any atom is -0.493 e. The molecule has 1 amide bonds. The van der Waals surface area contributed by atoms with E-state index >= 15 is 0 Å². The summed E-state index contributed by atoms with van der Waals surface area (Å²) in [6.07, 6.45) is 7.80. The van der Waals surface area contributed by atoms with Crippen molar-refractivity contribution < 1.29 is 23.8 Å². The van der Waals surface area contributed by atoms with Crippen LogP contribution in [-0.4, -0.2) is 38.7 Å². The highest BCUT2D eigenvalue weighted by atomic mass is 16.5. The van der Waals surface area contributed by atoms with Crippen molar-refractivity contribution in [3.63, 3.8) is 0 Å². The van der Waals surface area contributed by atoms with Crippen LogP contribution in [0.4, 0.5) is 0 Å². The average molecular weight is 402 g/mol. The predicted octanol–water partition coefficient (Wildman–Crippen LogP) is 3.58. The van der Waals surface area contributed by atoms with Crippen LogP contribution in [0.25, 0.3) is 0 Å². The molecule has 158 valence electrons. The molecule has 0 radical (unpaired) electrons. The van der Waals surface area contributed by atoms with E-state index < -0.39 is 5.97 Å². The van der Waals surface area contributed by atoms with Gasteiger partial charge in [-0.1, -0.05) is 6.07 Å². The van der Waals surface area contributed by atoms with Crippen molar-refractivity contribution in [2.45, 2.75) is 51.5 Å². The summed E-state index contributed by atoms with van der Waals surface area (Å²) < 4.78 is 15.7. The third-order valence-corrected chi connectivity index (χ3v) is 7.34. The molecule has 1 aromatic carbocycles. The fourth-order valence-electron chi connectivity index (χ4n) is 6.40. The number of carbonyl (C=O) groups excluding carboxylic acids is 2. The number of methoxy groups -OCH3 is 2. The maximum Gasteiger partial charge on any atom is 0.342 e. The first-order valence-corrected chi connectivity index (χ1v) is 10.6. The van der Waals surface area contributed by atoms with Gasteiger partial charge in [0.1, 0.15) is 5.56 Å². The Morgan fingerprint density at radius 2 is 1.69 bits per heavy atom. The molecule has 1 aromatic rings. The van der Waals surface area contributed by atoms with Crippen LogP contribution in [0.5, 0.6) is 11.5 Å². The zero-order valence-electron chi connectivity index (χ0n) is 17.5. The molecule has 0 aliphatic heterocycles. The fraction of sp³-hybridized carbons (Fsp3) is 0.652. The highest BCUT2D eigenvalue weighted by Gasteiger charge is 2.53. The zero-order valence-corrected chi connectivity index (χ0v) is 17.5. The van der Waals surface area contributed by atoms with Crippen molar-refractivity contribution in [3.8, 4) is 11.5 Å². The maximum atomic E-state index is 12.5. The summed E-state index contributed by atoms with van der Waals surface area (Å²) in [5.74, 6) is 2.41. The SMILES string of the molecule is COc1cccc(C(=O)OCC(=O)N[C@H](C)C23CC4CC(CC(C4)C2)C3)c1OC. The predicted molar refractivity (Wildman–Crippen MR) is 108 cm³/mol. The summed E-state index contributed by atoms with van der Waals surface area (Å²) in [6.45, 7) is 1.83. The summed E-state index contributed by atoms with van der Waals surface area (Å²) in [4.78, 5) is 25.0. The van der Waals surface area contributed by atoms with E-state index in [4.69, 9.17) is 14.2 Å². The molecule has 6 heteroatoms. The maximum absolute atomic E-state index is 12.5. The Balaban J connectivity index is 1.34. The number of benzene rings is 1. The van der Waals surface area contributed by atoms with E-state index in [2.05, 4.69) is 12.2 Å². The first kappa shape index (κ1) is 20.0. The van der Waals surface area contributed by atoms with Gasteiger partial charge in [0.2, 0.25) is 0 Å². The Morgan fingerprint density at radius 1 is 1.07 bits per heavy atom. The Morgan fingerprint density at radius 3 is 2.24 bits per heavy atom. The lowest BCUT2D eigenvalue weighted by molar-refractivity contribution is -0.128. The normalized spacial score (nSPS) is 30.5. The van der Waals surface area contributed by atoms with Gasteiger partial charge in [0.15, 0.2) is 18.1 Å². The standard InChI is InChI=1S/C23H31NO5/c1-14(23-10-15-7-16(11-23)9-17(8-15)12-23)24-20(25)13-29-22(26)18-5-4-6-19(27-2)21(18)28-3/h4-6,14-17H,7-13H2,1-3H3,(H,24,25)/t14-,15?,16?,17?,23?/m1/s1. The Hall–Kier alpha value is -2.24. The lowest BCUT2D eigenvalue weighted by atomic mass is 9.48. The van der Waals surface area contributed by atoms with Crippen LogP contribution in [0.1, 0.15) is 55.8 Å². The second kappa shape index (κ2) is 7.88. The molecule has 1 N–H and O–H groups in total. The van der Waals surface area contributed by atoms with Gasteiger partial charge in [0.05, 0.1) is 14.2 Å². The van der Waals surface area contributed by atoms with Crippen molar-refractivity contribution in [1.82, 2.24) is 5.32 Å². The molecule has 29 heavy (non-hydrogen) atoms. The third-order valence-electron chi connectivity index (χ3n) is 7.34. The van der Waals surface area contributed by atoms with Crippen LogP contribution >= 0.6 is 0 Å². The van der Waals surface area contributed by atoms with Crippen molar-refractivity contribution >= 4 is 11.9 Å². The molecular weight excluding hydrogens is 370 g/mol. The van der Waals surface area contributed by atoms with Gasteiger partial charge >= 0.3 is 5.97 Å². The van der Waals surface area contributed by atoms with E-state index in [9.17, 15) is 9.59 Å². The third kappa shape index (κ3) is 3.81. The number of hydrogen-bond acceptors (Lipinski definition) is 5. The molecule has 1 atom stereocenters. The van der Waals surface area contributed by atoms with E-state index in [0.29, 0.717) is 11.5 Å². The van der Waals surface area contributed by atoms with Crippen LogP contribution < -0.4 is 14.8 Å². The second-order valence-electron chi connectivity index (χ2n) is 9.19. The molecule has 6 nitrogen and oxygen atoms in total. The van der Waals surface area contributed by atoms with E-state index in [-0.39, 0.29) is 29.5 Å². The van der Waals surface area contributed by atoms with Gasteiger partial charge in [-0.2, -0.15) is 0 Å². The summed E-state index contributed by atoms with van der Waals surface area (Å²) >= 11 is 0. The molecule has 4 aliphatic carbocycles. The summed E-state index contributed by atoms with van der Waals surface area (Å²) in [6, 6.07) is 5.09. The molecular formula is C23H31NO5. The van der Waals surface area contributed by atoms with Crippen LogP contribution in [0.15, 0.2) is 18.2 Å². The number of hydrogen-bond donors (Lipinski definition) is 1. The van der Waals surface area contributed by atoms with E-state index in [1.807, 2.05) is 0 Å². The van der Waals surface area contributed by atoms with Gasteiger partial charge in [-0.05, 0) is 80.8 Å². The highest BCUT2D eigenvalue weighted by Crippen LogP contribution is 2.61. The number of amides is 1. The quantitative estimate of drug-likeness (QED) is 0.707. The van der Waals surface area contributed by atoms with E-state index in [0.717, 1.165) is 17.8 Å². The Bertz CT molecular complexity index is 754. The second-order valence-corrected chi connectivity index (χ2v) is 9.19. The summed E-state index contributed by atoms with van der Waals surface area (Å²) in [7, 11) is 2.97. The minimum atomic E-state index is -0.599. The van der Waals surface area contributed by atoms with E-state index in [1.54, 1.807) is 18.2 Å². The molecule has 0 spiro atoms. The van der Waals surface area contributed by atoms with Crippen LogP contribution in [-0.2, 0) is 9.53 Å². The van der Waals surface area contributed by atoms with Gasteiger partial charge in [0, 0.05) is 6.04 Å². The molecule has 5 rings (SSSR count). The number of carbonyl (C=O) groups is 2. The molecule has 4 saturated carbocycles. The lowest BCUT2D eigenvalue weighted by Crippen LogP contribution is -2.56. The largest absolute Gasteiger partial charge is 0.493 e. The molecule has 0 aromatic heterocycles. The van der Waals surface area contributed by atoms with Gasteiger partial charge in [-0.3, -0.25) is 4.79 Å². The summed E-state index contributed by atoms with van der Waals surface area (Å²) in [5.41, 5.74) is 0.471. The molecule has 4 fully saturated rings. The summed E-state index contributed by atoms with van der Waals surface area (Å²) in [5, 5.41) is 3.12. The fourth-order valence-corrected chi connectivity index (χ4v) is 6.40. The monoisotopic (exact) mass is 401 g/mol. The lowest BCUT2D eigenvalue weighted by Gasteiger charge is -2.59. The van der Waals surface area contributed by atoms with Crippen LogP contribution in [0.2, 0.25) is 0 Å². The van der Waals surface area contributed by atoms with Crippen molar-refractivity contribution in [2.24, 2.45) is 23.2 Å². The van der Waals surface area contributed by atoms with Gasteiger partial charge in [-0.15, -0.1) is 0 Å². The highest BCUT2D eigenvalue weighted by molar-refractivity contribution is 5.95. The smallest absolute Gasteiger partial charge is 0.342 e. The molecule has 0 unspecified atom stereocenters. The molecule has 0 heterocycles. The van der Waals surface area contributed by atoms with Gasteiger partial charge in [-0.25, -0.2) is 4.79 Å². The number of esters is 1.